The van der Waals surface area contributed by atoms with Crippen molar-refractivity contribution in [2.75, 3.05) is 29.6 Å². The number of hydrogen-bond donors (Lipinski definition) is 2. The average Bonchev–Trinajstić information content (AvgIpc) is 2.27. The Morgan fingerprint density at radius 1 is 1.56 bits per heavy atom. The number of thioether (sulfide) groups is 1. The topological polar surface area (TPSA) is 61.8 Å². The van der Waals surface area contributed by atoms with Crippen LogP contribution in [-0.2, 0) is 0 Å². The SMILES string of the molecule is CSCC(C)CNc1ccc(C#N)cc1N. The van der Waals surface area contributed by atoms with E-state index in [1.165, 1.54) is 0 Å². The van der Waals surface area contributed by atoms with Gasteiger partial charge in [-0.1, -0.05) is 6.92 Å². The first kappa shape index (κ1) is 12.7. The molecule has 0 aromatic heterocycles. The normalized spacial score (nSPS) is 11.8. The summed E-state index contributed by atoms with van der Waals surface area (Å²) >= 11 is 1.84. The van der Waals surface area contributed by atoms with Gasteiger partial charge in [-0.15, -0.1) is 0 Å². The van der Waals surface area contributed by atoms with E-state index in [9.17, 15) is 0 Å². The molecule has 1 atom stereocenters. The molecular formula is C12H17N3S. The van der Waals surface area contributed by atoms with Gasteiger partial charge in [0.1, 0.15) is 0 Å². The van der Waals surface area contributed by atoms with Crippen LogP contribution in [0.2, 0.25) is 0 Å². The molecule has 0 aliphatic carbocycles. The summed E-state index contributed by atoms with van der Waals surface area (Å²) in [4.78, 5) is 0. The highest BCUT2D eigenvalue weighted by Gasteiger charge is 2.03. The second-order valence-electron chi connectivity index (χ2n) is 3.86. The van der Waals surface area contributed by atoms with Crippen molar-refractivity contribution in [1.29, 1.82) is 5.26 Å². The van der Waals surface area contributed by atoms with E-state index in [2.05, 4.69) is 24.6 Å². The zero-order chi connectivity index (χ0) is 12.0. The summed E-state index contributed by atoms with van der Waals surface area (Å²) in [6.07, 6.45) is 2.10. The minimum absolute atomic E-state index is 0.597. The maximum atomic E-state index is 8.71. The summed E-state index contributed by atoms with van der Waals surface area (Å²) in [5, 5.41) is 12.0. The largest absolute Gasteiger partial charge is 0.397 e. The van der Waals surface area contributed by atoms with Crippen LogP contribution in [0.25, 0.3) is 0 Å². The zero-order valence-electron chi connectivity index (χ0n) is 9.66. The molecule has 1 aromatic carbocycles. The van der Waals surface area contributed by atoms with Gasteiger partial charge in [0, 0.05) is 6.54 Å². The van der Waals surface area contributed by atoms with Crippen LogP contribution in [0.5, 0.6) is 0 Å². The van der Waals surface area contributed by atoms with E-state index in [4.69, 9.17) is 11.0 Å². The number of benzene rings is 1. The third-order valence-corrected chi connectivity index (χ3v) is 3.18. The van der Waals surface area contributed by atoms with Gasteiger partial charge in [-0.25, -0.2) is 0 Å². The molecule has 0 saturated carbocycles. The van der Waals surface area contributed by atoms with E-state index in [1.54, 1.807) is 12.1 Å². The molecule has 3 N–H and O–H groups in total. The predicted octanol–water partition coefficient (Wildman–Crippen LogP) is 2.55. The van der Waals surface area contributed by atoms with E-state index < -0.39 is 0 Å². The van der Waals surface area contributed by atoms with E-state index in [0.717, 1.165) is 18.0 Å². The Bertz CT molecular complexity index is 384. The number of nitrogens with one attached hydrogen (secondary N) is 1. The first-order valence-corrected chi connectivity index (χ1v) is 6.59. The fraction of sp³-hybridized carbons (Fsp3) is 0.417. The Morgan fingerprint density at radius 2 is 2.31 bits per heavy atom. The molecule has 0 amide bonds. The number of rotatable bonds is 5. The molecule has 0 saturated heterocycles. The van der Waals surface area contributed by atoms with Crippen molar-refractivity contribution in [1.82, 2.24) is 0 Å². The summed E-state index contributed by atoms with van der Waals surface area (Å²) in [6.45, 7) is 3.10. The third-order valence-electron chi connectivity index (χ3n) is 2.27. The minimum atomic E-state index is 0.597. The Morgan fingerprint density at radius 3 is 2.88 bits per heavy atom. The second-order valence-corrected chi connectivity index (χ2v) is 4.77. The van der Waals surface area contributed by atoms with Crippen LogP contribution in [0.15, 0.2) is 18.2 Å². The van der Waals surface area contributed by atoms with E-state index >= 15 is 0 Å². The lowest BCUT2D eigenvalue weighted by Gasteiger charge is -2.13. The molecule has 0 radical (unpaired) electrons. The number of nitrogen functional groups attached to an aromatic ring is 1. The van der Waals surface area contributed by atoms with Crippen LogP contribution in [0.4, 0.5) is 11.4 Å². The quantitative estimate of drug-likeness (QED) is 0.770. The van der Waals surface area contributed by atoms with Crippen molar-refractivity contribution in [3.05, 3.63) is 23.8 Å². The van der Waals surface area contributed by atoms with Crippen LogP contribution in [0, 0.1) is 17.2 Å². The van der Waals surface area contributed by atoms with Crippen LogP contribution in [0.3, 0.4) is 0 Å². The minimum Gasteiger partial charge on any atom is -0.397 e. The monoisotopic (exact) mass is 235 g/mol. The standard InChI is InChI=1S/C12H17N3S/c1-9(8-16-2)7-15-12-4-3-10(6-13)5-11(12)14/h3-5,9,15H,7-8,14H2,1-2H3. The van der Waals surface area contributed by atoms with Crippen LogP contribution in [0.1, 0.15) is 12.5 Å². The average molecular weight is 235 g/mol. The van der Waals surface area contributed by atoms with Gasteiger partial charge in [-0.3, -0.25) is 0 Å². The van der Waals surface area contributed by atoms with Gasteiger partial charge in [-0.2, -0.15) is 17.0 Å². The third kappa shape index (κ3) is 3.67. The van der Waals surface area contributed by atoms with Crippen molar-refractivity contribution in [3.63, 3.8) is 0 Å². The molecule has 0 aliphatic rings. The van der Waals surface area contributed by atoms with Gasteiger partial charge in [0.05, 0.1) is 23.0 Å². The fourth-order valence-electron chi connectivity index (χ4n) is 1.42. The number of nitriles is 1. The molecule has 0 bridgehead atoms. The molecule has 0 heterocycles. The highest BCUT2D eigenvalue weighted by Crippen LogP contribution is 2.20. The first-order valence-electron chi connectivity index (χ1n) is 5.19. The lowest BCUT2D eigenvalue weighted by atomic mass is 10.1. The smallest absolute Gasteiger partial charge is 0.0992 e. The van der Waals surface area contributed by atoms with Crippen molar-refractivity contribution in [3.8, 4) is 6.07 Å². The zero-order valence-corrected chi connectivity index (χ0v) is 10.5. The molecule has 3 nitrogen and oxygen atoms in total. The van der Waals surface area contributed by atoms with Crippen molar-refractivity contribution in [2.45, 2.75) is 6.92 Å². The lowest BCUT2D eigenvalue weighted by Crippen LogP contribution is -2.14. The second kappa shape index (κ2) is 6.29. The molecule has 1 rings (SSSR count). The maximum absolute atomic E-state index is 8.71. The van der Waals surface area contributed by atoms with E-state index in [-0.39, 0.29) is 0 Å². The van der Waals surface area contributed by atoms with Crippen molar-refractivity contribution < 1.29 is 0 Å². The molecular weight excluding hydrogens is 218 g/mol. The van der Waals surface area contributed by atoms with Gasteiger partial charge in [0.15, 0.2) is 0 Å². The Hall–Kier alpha value is -1.34. The van der Waals surface area contributed by atoms with Crippen LogP contribution in [-0.4, -0.2) is 18.6 Å². The highest BCUT2D eigenvalue weighted by atomic mass is 32.2. The molecule has 0 aliphatic heterocycles. The Labute approximate surface area is 101 Å². The molecule has 16 heavy (non-hydrogen) atoms. The van der Waals surface area contributed by atoms with Crippen LogP contribution >= 0.6 is 11.8 Å². The number of anilines is 2. The predicted molar refractivity (Wildman–Crippen MR) is 71.6 cm³/mol. The van der Waals surface area contributed by atoms with Crippen molar-refractivity contribution >= 4 is 23.1 Å². The van der Waals surface area contributed by atoms with E-state index in [1.807, 2.05) is 17.8 Å². The van der Waals surface area contributed by atoms with Gasteiger partial charge in [0.25, 0.3) is 0 Å². The summed E-state index contributed by atoms with van der Waals surface area (Å²) in [5.41, 5.74) is 7.98. The fourth-order valence-corrected chi connectivity index (χ4v) is 2.11. The number of hydrogen-bond acceptors (Lipinski definition) is 4. The highest BCUT2D eigenvalue weighted by molar-refractivity contribution is 7.98. The van der Waals surface area contributed by atoms with Gasteiger partial charge in [-0.05, 0) is 36.1 Å². The lowest BCUT2D eigenvalue weighted by molar-refractivity contribution is 0.702. The summed E-state index contributed by atoms with van der Waals surface area (Å²) in [5.74, 6) is 1.73. The van der Waals surface area contributed by atoms with Gasteiger partial charge >= 0.3 is 0 Å². The maximum Gasteiger partial charge on any atom is 0.0992 e. The summed E-state index contributed by atoms with van der Waals surface area (Å²) < 4.78 is 0. The number of nitrogens with zero attached hydrogens (tertiary/aromatic N) is 1. The van der Waals surface area contributed by atoms with Gasteiger partial charge in [0.2, 0.25) is 0 Å². The Kier molecular flexibility index (Phi) is 5.00. The molecule has 1 aromatic rings. The summed E-state index contributed by atoms with van der Waals surface area (Å²) in [7, 11) is 0. The molecule has 0 fully saturated rings. The van der Waals surface area contributed by atoms with E-state index in [0.29, 0.717) is 17.2 Å². The number of nitrogens with two attached hydrogens (primary N) is 1. The Balaban J connectivity index is 2.58. The van der Waals surface area contributed by atoms with Crippen molar-refractivity contribution in [2.24, 2.45) is 5.92 Å². The summed E-state index contributed by atoms with van der Waals surface area (Å²) in [6, 6.07) is 7.40. The molecule has 86 valence electrons. The van der Waals surface area contributed by atoms with Gasteiger partial charge < -0.3 is 11.1 Å². The molecule has 1 unspecified atom stereocenters. The molecule has 4 heteroatoms. The molecule has 0 spiro atoms. The first-order chi connectivity index (χ1) is 7.67. The van der Waals surface area contributed by atoms with Crippen LogP contribution < -0.4 is 11.1 Å².